The van der Waals surface area contributed by atoms with Crippen LogP contribution in [0.1, 0.15) is 50.3 Å². The predicted molar refractivity (Wildman–Crippen MR) is 85.8 cm³/mol. The highest BCUT2D eigenvalue weighted by Gasteiger charge is 2.30. The van der Waals surface area contributed by atoms with Crippen molar-refractivity contribution in [1.29, 1.82) is 0 Å². The summed E-state index contributed by atoms with van der Waals surface area (Å²) in [7, 11) is 0. The Labute approximate surface area is 126 Å². The molecule has 1 aromatic carbocycles. The molecule has 0 spiro atoms. The highest BCUT2D eigenvalue weighted by molar-refractivity contribution is 6.04. The number of hydrogen-bond acceptors (Lipinski definition) is 3. The van der Waals surface area contributed by atoms with Crippen LogP contribution in [0.15, 0.2) is 29.3 Å². The fourth-order valence-electron chi connectivity index (χ4n) is 3.59. The van der Waals surface area contributed by atoms with Crippen LogP contribution in [0.5, 0.6) is 0 Å². The van der Waals surface area contributed by atoms with Gasteiger partial charge in [-0.1, -0.05) is 38.1 Å². The van der Waals surface area contributed by atoms with Crippen LogP contribution in [0.4, 0.5) is 0 Å². The average molecular weight is 284 g/mol. The second-order valence-electron chi connectivity index (χ2n) is 7.10. The van der Waals surface area contributed by atoms with E-state index in [2.05, 4.69) is 43.4 Å². The monoisotopic (exact) mass is 284 g/mol. The maximum Gasteiger partial charge on any atom is 0.139 e. The Kier molecular flexibility index (Phi) is 3.94. The van der Waals surface area contributed by atoms with E-state index in [-0.39, 0.29) is 5.41 Å². The molecule has 0 radical (unpaired) electrons. The molecule has 2 aliphatic rings. The van der Waals surface area contributed by atoms with Crippen molar-refractivity contribution >= 4 is 11.5 Å². The van der Waals surface area contributed by atoms with E-state index in [0.717, 1.165) is 31.6 Å². The zero-order valence-electron chi connectivity index (χ0n) is 13.0. The predicted octanol–water partition coefficient (Wildman–Crippen LogP) is 3.09. The standard InChI is InChI=1S/C18H24N2O/c1-18(2)10-14(9-15(21)11-18)20-12-17-16-6-4-3-5-13(16)7-8-19-17/h3-6,17,19H,7-12H2,1-2H3. The minimum atomic E-state index is 0.0755. The Morgan fingerprint density at radius 3 is 2.90 bits per heavy atom. The lowest BCUT2D eigenvalue weighted by Crippen LogP contribution is -2.33. The fourth-order valence-corrected chi connectivity index (χ4v) is 3.59. The lowest BCUT2D eigenvalue weighted by atomic mass is 9.76. The number of carbonyl (C=O) groups excluding carboxylic acids is 1. The highest BCUT2D eigenvalue weighted by Crippen LogP contribution is 2.32. The van der Waals surface area contributed by atoms with Gasteiger partial charge in [0.1, 0.15) is 5.78 Å². The molecule has 0 saturated heterocycles. The first-order valence-corrected chi connectivity index (χ1v) is 7.89. The summed E-state index contributed by atoms with van der Waals surface area (Å²) >= 11 is 0. The van der Waals surface area contributed by atoms with Crippen molar-refractivity contribution in [2.45, 2.75) is 45.6 Å². The zero-order valence-corrected chi connectivity index (χ0v) is 13.0. The van der Waals surface area contributed by atoms with Gasteiger partial charge in [0.05, 0.1) is 12.6 Å². The van der Waals surface area contributed by atoms with Crippen molar-refractivity contribution in [3.05, 3.63) is 35.4 Å². The molecular weight excluding hydrogens is 260 g/mol. The number of aliphatic imine (C=N–C) groups is 1. The topological polar surface area (TPSA) is 41.5 Å². The molecule has 1 fully saturated rings. The number of benzene rings is 1. The number of ketones is 1. The van der Waals surface area contributed by atoms with Crippen LogP contribution >= 0.6 is 0 Å². The third-order valence-corrected chi connectivity index (χ3v) is 4.47. The van der Waals surface area contributed by atoms with Crippen molar-refractivity contribution in [3.8, 4) is 0 Å². The van der Waals surface area contributed by atoms with E-state index >= 15 is 0 Å². The third-order valence-electron chi connectivity index (χ3n) is 4.47. The molecule has 0 amide bonds. The summed E-state index contributed by atoms with van der Waals surface area (Å²) in [6.45, 7) is 6.08. The molecule has 0 aromatic heterocycles. The Morgan fingerprint density at radius 1 is 1.29 bits per heavy atom. The van der Waals surface area contributed by atoms with Crippen LogP contribution in [-0.2, 0) is 11.2 Å². The number of fused-ring (bicyclic) bond motifs is 1. The first-order chi connectivity index (χ1) is 10.0. The largest absolute Gasteiger partial charge is 0.308 e. The number of rotatable bonds is 2. The molecule has 3 nitrogen and oxygen atoms in total. The normalized spacial score (nSPS) is 26.7. The smallest absolute Gasteiger partial charge is 0.139 e. The summed E-state index contributed by atoms with van der Waals surface area (Å²) in [6, 6.07) is 8.91. The SMILES string of the molecule is CC1(C)CC(=O)CC(=NCC2NCCc3ccccc32)C1. The van der Waals surface area contributed by atoms with E-state index in [1.54, 1.807) is 0 Å². The molecule has 1 heterocycles. The van der Waals surface area contributed by atoms with E-state index in [0.29, 0.717) is 24.7 Å². The van der Waals surface area contributed by atoms with E-state index in [9.17, 15) is 4.79 Å². The van der Waals surface area contributed by atoms with E-state index in [1.165, 1.54) is 11.1 Å². The fraction of sp³-hybridized carbons (Fsp3) is 0.556. The molecular formula is C18H24N2O. The van der Waals surface area contributed by atoms with Crippen molar-refractivity contribution in [1.82, 2.24) is 5.32 Å². The van der Waals surface area contributed by atoms with Gasteiger partial charge in [0.2, 0.25) is 0 Å². The van der Waals surface area contributed by atoms with Gasteiger partial charge < -0.3 is 5.32 Å². The lowest BCUT2D eigenvalue weighted by molar-refractivity contribution is -0.120. The van der Waals surface area contributed by atoms with Crippen molar-refractivity contribution in [3.63, 3.8) is 0 Å². The quantitative estimate of drug-likeness (QED) is 0.906. The molecule has 3 heteroatoms. The van der Waals surface area contributed by atoms with E-state index in [4.69, 9.17) is 4.99 Å². The van der Waals surface area contributed by atoms with Crippen molar-refractivity contribution in [2.75, 3.05) is 13.1 Å². The van der Waals surface area contributed by atoms with E-state index < -0.39 is 0 Å². The summed E-state index contributed by atoms with van der Waals surface area (Å²) in [5.41, 5.74) is 3.96. The molecule has 1 unspecified atom stereocenters. The molecule has 3 rings (SSSR count). The van der Waals surface area contributed by atoms with Crippen LogP contribution in [0.3, 0.4) is 0 Å². The van der Waals surface area contributed by atoms with E-state index in [1.807, 2.05) is 0 Å². The van der Waals surface area contributed by atoms with Crippen LogP contribution in [0, 0.1) is 5.41 Å². The number of hydrogen-bond donors (Lipinski definition) is 1. The van der Waals surface area contributed by atoms with Crippen molar-refractivity contribution < 1.29 is 4.79 Å². The zero-order chi connectivity index (χ0) is 14.9. The molecule has 1 aliphatic carbocycles. The summed E-state index contributed by atoms with van der Waals surface area (Å²) in [4.78, 5) is 16.6. The van der Waals surface area contributed by atoms with Gasteiger partial charge in [-0.3, -0.25) is 9.79 Å². The number of carbonyl (C=O) groups is 1. The van der Waals surface area contributed by atoms with Crippen LogP contribution in [0.2, 0.25) is 0 Å². The molecule has 1 aliphatic heterocycles. The summed E-state index contributed by atoms with van der Waals surface area (Å²) in [5, 5.41) is 3.55. The van der Waals surface area contributed by atoms with Crippen molar-refractivity contribution in [2.24, 2.45) is 10.4 Å². The van der Waals surface area contributed by atoms with Gasteiger partial charge >= 0.3 is 0 Å². The van der Waals surface area contributed by atoms with Gasteiger partial charge in [0, 0.05) is 18.6 Å². The maximum absolute atomic E-state index is 11.8. The third kappa shape index (κ3) is 3.41. The number of Topliss-reactive ketones (excluding diaryl/α,β-unsaturated/α-hetero) is 1. The average Bonchev–Trinajstić information content (AvgIpc) is 2.43. The summed E-state index contributed by atoms with van der Waals surface area (Å²) in [6.07, 6.45) is 3.29. The second kappa shape index (κ2) is 5.72. The van der Waals surface area contributed by atoms with Gasteiger partial charge in [-0.05, 0) is 35.9 Å². The van der Waals surface area contributed by atoms with Gasteiger partial charge in [-0.2, -0.15) is 0 Å². The molecule has 1 aromatic rings. The molecule has 21 heavy (non-hydrogen) atoms. The molecule has 1 N–H and O–H groups in total. The number of nitrogens with one attached hydrogen (secondary N) is 1. The Morgan fingerprint density at radius 2 is 2.10 bits per heavy atom. The maximum atomic E-state index is 11.8. The first-order valence-electron chi connectivity index (χ1n) is 7.89. The molecule has 0 bridgehead atoms. The Balaban J connectivity index is 1.73. The van der Waals surface area contributed by atoms with Gasteiger partial charge in [0.15, 0.2) is 0 Å². The lowest BCUT2D eigenvalue weighted by Gasteiger charge is -2.30. The second-order valence-corrected chi connectivity index (χ2v) is 7.10. The highest BCUT2D eigenvalue weighted by atomic mass is 16.1. The Hall–Kier alpha value is -1.48. The van der Waals surface area contributed by atoms with Crippen LogP contribution in [-0.4, -0.2) is 24.6 Å². The van der Waals surface area contributed by atoms with Crippen LogP contribution in [0.25, 0.3) is 0 Å². The molecule has 1 atom stereocenters. The first kappa shape index (κ1) is 14.5. The summed E-state index contributed by atoms with van der Waals surface area (Å²) in [5.74, 6) is 0.335. The Bertz CT molecular complexity index is 574. The van der Waals surface area contributed by atoms with Gasteiger partial charge in [-0.15, -0.1) is 0 Å². The summed E-state index contributed by atoms with van der Waals surface area (Å²) < 4.78 is 0. The van der Waals surface area contributed by atoms with Crippen LogP contribution < -0.4 is 5.32 Å². The van der Waals surface area contributed by atoms with Gasteiger partial charge in [-0.25, -0.2) is 0 Å². The number of nitrogens with zero attached hydrogens (tertiary/aromatic N) is 1. The minimum absolute atomic E-state index is 0.0755. The van der Waals surface area contributed by atoms with Gasteiger partial charge in [0.25, 0.3) is 0 Å². The molecule has 1 saturated carbocycles. The minimum Gasteiger partial charge on any atom is -0.308 e. The molecule has 112 valence electrons.